The van der Waals surface area contributed by atoms with Crippen LogP contribution in [0.1, 0.15) is 12.5 Å². The number of nitrogens with zero attached hydrogens (tertiary/aromatic N) is 1. The Balaban J connectivity index is 2.14. The molecule has 1 aromatic carbocycles. The lowest BCUT2D eigenvalue weighted by Crippen LogP contribution is -2.42. The Morgan fingerprint density at radius 3 is 2.72 bits per heavy atom. The Hall–Kier alpha value is -1.26. The van der Waals surface area contributed by atoms with E-state index >= 15 is 0 Å². The standard InChI is InChI=1S/C14H22N2O2/c1-3-18-14-12(5-4-6-13(14)17-2)11-16-9-7-15-8-10-16/h4-6,15H,3,7-11H2,1-2H3. The SMILES string of the molecule is CCOc1c(CN2CCNCC2)cccc1OC. The highest BCUT2D eigenvalue weighted by Crippen LogP contribution is 2.31. The van der Waals surface area contributed by atoms with Gasteiger partial charge in [0.25, 0.3) is 0 Å². The zero-order valence-electron chi connectivity index (χ0n) is 11.2. The fourth-order valence-corrected chi connectivity index (χ4v) is 2.26. The maximum atomic E-state index is 5.73. The van der Waals surface area contributed by atoms with Crippen LogP contribution in [-0.2, 0) is 6.54 Å². The van der Waals surface area contributed by atoms with Crippen molar-refractivity contribution in [2.75, 3.05) is 39.9 Å². The van der Waals surface area contributed by atoms with Gasteiger partial charge in [-0.25, -0.2) is 0 Å². The van der Waals surface area contributed by atoms with E-state index in [1.54, 1.807) is 7.11 Å². The maximum Gasteiger partial charge on any atom is 0.165 e. The van der Waals surface area contributed by atoms with Crippen molar-refractivity contribution in [3.8, 4) is 11.5 Å². The van der Waals surface area contributed by atoms with Gasteiger partial charge in [0.1, 0.15) is 0 Å². The molecule has 1 fully saturated rings. The molecule has 1 N–H and O–H groups in total. The Morgan fingerprint density at radius 2 is 2.06 bits per heavy atom. The van der Waals surface area contributed by atoms with Gasteiger partial charge in [0.2, 0.25) is 0 Å². The molecule has 0 unspecified atom stereocenters. The number of para-hydroxylation sites is 1. The fraction of sp³-hybridized carbons (Fsp3) is 0.571. The van der Waals surface area contributed by atoms with Gasteiger partial charge in [0.05, 0.1) is 13.7 Å². The molecule has 0 saturated carbocycles. The van der Waals surface area contributed by atoms with E-state index in [0.717, 1.165) is 44.2 Å². The van der Waals surface area contributed by atoms with E-state index in [9.17, 15) is 0 Å². The minimum atomic E-state index is 0.662. The first-order valence-electron chi connectivity index (χ1n) is 6.57. The summed E-state index contributed by atoms with van der Waals surface area (Å²) in [5.41, 5.74) is 1.21. The number of piperazine rings is 1. The predicted octanol–water partition coefficient (Wildman–Crippen LogP) is 1.50. The number of hydrogen-bond donors (Lipinski definition) is 1. The molecule has 2 rings (SSSR count). The number of ether oxygens (including phenoxy) is 2. The van der Waals surface area contributed by atoms with Gasteiger partial charge in [0.15, 0.2) is 11.5 Å². The van der Waals surface area contributed by atoms with Crippen molar-refractivity contribution in [2.45, 2.75) is 13.5 Å². The molecule has 0 radical (unpaired) electrons. The third kappa shape index (κ3) is 3.15. The molecule has 100 valence electrons. The van der Waals surface area contributed by atoms with E-state index in [-0.39, 0.29) is 0 Å². The molecule has 1 aromatic rings. The van der Waals surface area contributed by atoms with E-state index < -0.39 is 0 Å². The highest BCUT2D eigenvalue weighted by Gasteiger charge is 2.15. The summed E-state index contributed by atoms with van der Waals surface area (Å²) in [4.78, 5) is 2.44. The van der Waals surface area contributed by atoms with Crippen LogP contribution in [0.5, 0.6) is 11.5 Å². The van der Waals surface area contributed by atoms with E-state index in [1.165, 1.54) is 5.56 Å². The summed E-state index contributed by atoms with van der Waals surface area (Å²) in [5, 5.41) is 3.37. The van der Waals surface area contributed by atoms with Crippen LogP contribution in [-0.4, -0.2) is 44.8 Å². The third-order valence-electron chi connectivity index (χ3n) is 3.17. The van der Waals surface area contributed by atoms with Crippen molar-refractivity contribution < 1.29 is 9.47 Å². The summed E-state index contributed by atoms with van der Waals surface area (Å²) in [6.45, 7) is 7.89. The van der Waals surface area contributed by atoms with Crippen LogP contribution in [0.2, 0.25) is 0 Å². The van der Waals surface area contributed by atoms with Crippen LogP contribution in [0.3, 0.4) is 0 Å². The largest absolute Gasteiger partial charge is 0.493 e. The van der Waals surface area contributed by atoms with Gasteiger partial charge in [-0.1, -0.05) is 12.1 Å². The van der Waals surface area contributed by atoms with Gasteiger partial charge in [-0.3, -0.25) is 4.90 Å². The highest BCUT2D eigenvalue weighted by molar-refractivity contribution is 5.46. The van der Waals surface area contributed by atoms with Gasteiger partial charge in [-0.15, -0.1) is 0 Å². The third-order valence-corrected chi connectivity index (χ3v) is 3.17. The first-order valence-corrected chi connectivity index (χ1v) is 6.57. The lowest BCUT2D eigenvalue weighted by atomic mass is 10.1. The van der Waals surface area contributed by atoms with Crippen LogP contribution < -0.4 is 14.8 Å². The highest BCUT2D eigenvalue weighted by atomic mass is 16.5. The van der Waals surface area contributed by atoms with Gasteiger partial charge >= 0.3 is 0 Å². The summed E-state index contributed by atoms with van der Waals surface area (Å²) < 4.78 is 11.1. The van der Waals surface area contributed by atoms with Crippen LogP contribution in [0.15, 0.2) is 18.2 Å². The van der Waals surface area contributed by atoms with Crippen LogP contribution >= 0.6 is 0 Å². The normalized spacial score (nSPS) is 16.6. The molecule has 0 bridgehead atoms. The molecular formula is C14H22N2O2. The van der Waals surface area contributed by atoms with Gasteiger partial charge in [-0.2, -0.15) is 0 Å². The zero-order chi connectivity index (χ0) is 12.8. The molecule has 1 aliphatic heterocycles. The molecule has 0 aromatic heterocycles. The van der Waals surface area contributed by atoms with Crippen LogP contribution in [0.4, 0.5) is 0 Å². The number of nitrogens with one attached hydrogen (secondary N) is 1. The van der Waals surface area contributed by atoms with Crippen LogP contribution in [0, 0.1) is 0 Å². The molecule has 1 heterocycles. The molecule has 0 amide bonds. The van der Waals surface area contributed by atoms with Crippen molar-refractivity contribution in [1.82, 2.24) is 10.2 Å². The first-order chi connectivity index (χ1) is 8.85. The minimum absolute atomic E-state index is 0.662. The lowest BCUT2D eigenvalue weighted by molar-refractivity contribution is 0.226. The molecule has 1 aliphatic rings. The van der Waals surface area contributed by atoms with Crippen molar-refractivity contribution in [3.05, 3.63) is 23.8 Å². The summed E-state index contributed by atoms with van der Waals surface area (Å²) in [6, 6.07) is 6.10. The molecule has 1 saturated heterocycles. The monoisotopic (exact) mass is 250 g/mol. The second-order valence-electron chi connectivity index (χ2n) is 4.41. The maximum absolute atomic E-state index is 5.73. The fourth-order valence-electron chi connectivity index (χ4n) is 2.26. The number of hydrogen-bond acceptors (Lipinski definition) is 4. The Kier molecular flexibility index (Phi) is 4.84. The van der Waals surface area contributed by atoms with E-state index in [2.05, 4.69) is 16.3 Å². The molecule has 0 atom stereocenters. The summed E-state index contributed by atoms with van der Waals surface area (Å²) >= 11 is 0. The first kappa shape index (κ1) is 13.2. The number of rotatable bonds is 5. The Bertz CT molecular complexity index is 376. The topological polar surface area (TPSA) is 33.7 Å². The summed E-state index contributed by atoms with van der Waals surface area (Å²) in [6.07, 6.45) is 0. The Morgan fingerprint density at radius 1 is 1.28 bits per heavy atom. The second-order valence-corrected chi connectivity index (χ2v) is 4.41. The van der Waals surface area contributed by atoms with Gasteiger partial charge < -0.3 is 14.8 Å². The molecular weight excluding hydrogens is 228 g/mol. The average Bonchev–Trinajstić information content (AvgIpc) is 2.42. The van der Waals surface area contributed by atoms with Crippen molar-refractivity contribution in [2.24, 2.45) is 0 Å². The van der Waals surface area contributed by atoms with E-state index in [4.69, 9.17) is 9.47 Å². The van der Waals surface area contributed by atoms with Gasteiger partial charge in [-0.05, 0) is 13.0 Å². The number of benzene rings is 1. The van der Waals surface area contributed by atoms with Crippen molar-refractivity contribution in [3.63, 3.8) is 0 Å². The quantitative estimate of drug-likeness (QED) is 0.858. The predicted molar refractivity (Wildman–Crippen MR) is 72.3 cm³/mol. The molecule has 18 heavy (non-hydrogen) atoms. The van der Waals surface area contributed by atoms with Crippen molar-refractivity contribution in [1.29, 1.82) is 0 Å². The van der Waals surface area contributed by atoms with Crippen LogP contribution in [0.25, 0.3) is 0 Å². The van der Waals surface area contributed by atoms with E-state index in [0.29, 0.717) is 6.61 Å². The molecule has 0 aliphatic carbocycles. The lowest BCUT2D eigenvalue weighted by Gasteiger charge is -2.28. The van der Waals surface area contributed by atoms with E-state index in [1.807, 2.05) is 19.1 Å². The summed E-state index contributed by atoms with van der Waals surface area (Å²) in [7, 11) is 1.69. The van der Waals surface area contributed by atoms with Gasteiger partial charge in [0, 0.05) is 38.3 Å². The molecule has 4 nitrogen and oxygen atoms in total. The zero-order valence-corrected chi connectivity index (χ0v) is 11.2. The smallest absolute Gasteiger partial charge is 0.165 e. The molecule has 4 heteroatoms. The van der Waals surface area contributed by atoms with Crippen molar-refractivity contribution >= 4 is 0 Å². The average molecular weight is 250 g/mol. The summed E-state index contributed by atoms with van der Waals surface area (Å²) in [5.74, 6) is 1.71. The Labute approximate surface area is 109 Å². The molecule has 0 spiro atoms. The number of methoxy groups -OCH3 is 1. The second kappa shape index (κ2) is 6.61. The minimum Gasteiger partial charge on any atom is -0.493 e.